The van der Waals surface area contributed by atoms with E-state index >= 15 is 0 Å². The first-order valence-electron chi connectivity index (χ1n) is 9.98. The zero-order chi connectivity index (χ0) is 21.8. The van der Waals surface area contributed by atoms with E-state index in [0.717, 1.165) is 28.8 Å². The third-order valence-electron chi connectivity index (χ3n) is 4.90. The normalized spacial score (nSPS) is 13.8. The van der Waals surface area contributed by atoms with Gasteiger partial charge in [0.25, 0.3) is 0 Å². The number of amides is 1. The van der Waals surface area contributed by atoms with Crippen LogP contribution in [0.15, 0.2) is 59.6 Å². The smallest absolute Gasteiger partial charge is 0.240 e. The van der Waals surface area contributed by atoms with Gasteiger partial charge in [0, 0.05) is 35.0 Å². The van der Waals surface area contributed by atoms with Crippen molar-refractivity contribution in [1.29, 1.82) is 0 Å². The van der Waals surface area contributed by atoms with Crippen molar-refractivity contribution in [3.05, 3.63) is 75.8 Å². The van der Waals surface area contributed by atoms with Gasteiger partial charge in [-0.3, -0.25) is 4.79 Å². The largest absolute Gasteiger partial charge is 0.302 e. The maximum atomic E-state index is 12.3. The zero-order valence-electron chi connectivity index (χ0n) is 16.7. The number of hydrogen-bond donors (Lipinski definition) is 2. The van der Waals surface area contributed by atoms with Crippen molar-refractivity contribution in [2.24, 2.45) is 0 Å². The maximum absolute atomic E-state index is 12.3. The Kier molecular flexibility index (Phi) is 6.71. The van der Waals surface area contributed by atoms with Crippen LogP contribution in [-0.2, 0) is 27.7 Å². The number of hydrogen-bond acceptors (Lipinski definition) is 5. The van der Waals surface area contributed by atoms with Crippen LogP contribution in [0, 0.1) is 0 Å². The summed E-state index contributed by atoms with van der Waals surface area (Å²) >= 11 is 7.63. The molecule has 4 rings (SSSR count). The Morgan fingerprint density at radius 1 is 1.13 bits per heavy atom. The lowest BCUT2D eigenvalue weighted by Crippen LogP contribution is -2.25. The summed E-state index contributed by atoms with van der Waals surface area (Å²) in [5.41, 5.74) is 1.92. The minimum Gasteiger partial charge on any atom is -0.302 e. The first-order valence-corrected chi connectivity index (χ1v) is 12.7. The topological polar surface area (TPSA) is 88.2 Å². The number of nitrogens with zero attached hydrogens (tertiary/aromatic N) is 1. The molecule has 9 heteroatoms. The quantitative estimate of drug-likeness (QED) is 0.480. The Labute approximate surface area is 190 Å². The van der Waals surface area contributed by atoms with Crippen LogP contribution in [0.1, 0.15) is 35.3 Å². The number of aromatic nitrogens is 1. The van der Waals surface area contributed by atoms with Crippen LogP contribution >= 0.6 is 22.9 Å². The lowest BCUT2D eigenvalue weighted by molar-refractivity contribution is -0.116. The van der Waals surface area contributed by atoms with E-state index in [2.05, 4.69) is 15.0 Å². The number of sulfonamides is 1. The molecular formula is C22H22ClN3O3S2. The number of carbonyl (C=O) groups excluding carboxylic acids is 1. The van der Waals surface area contributed by atoms with Gasteiger partial charge < -0.3 is 5.32 Å². The molecule has 1 aliphatic rings. The van der Waals surface area contributed by atoms with Crippen LogP contribution in [0.5, 0.6) is 0 Å². The Morgan fingerprint density at radius 3 is 2.58 bits per heavy atom. The van der Waals surface area contributed by atoms with E-state index in [1.165, 1.54) is 11.3 Å². The van der Waals surface area contributed by atoms with Crippen molar-refractivity contribution in [2.75, 3.05) is 5.32 Å². The number of benzene rings is 2. The minimum atomic E-state index is -3.45. The van der Waals surface area contributed by atoms with Crippen molar-refractivity contribution in [1.82, 2.24) is 9.71 Å². The van der Waals surface area contributed by atoms with E-state index in [1.54, 1.807) is 30.5 Å². The first-order chi connectivity index (χ1) is 14.9. The second-order valence-electron chi connectivity index (χ2n) is 7.49. The van der Waals surface area contributed by atoms with Gasteiger partial charge in [0.15, 0.2) is 5.13 Å². The third-order valence-corrected chi connectivity index (χ3v) is 7.71. The summed E-state index contributed by atoms with van der Waals surface area (Å²) < 4.78 is 27.1. The van der Waals surface area contributed by atoms with E-state index < -0.39 is 10.0 Å². The van der Waals surface area contributed by atoms with Gasteiger partial charge in [-0.15, -0.1) is 11.3 Å². The predicted molar refractivity (Wildman–Crippen MR) is 123 cm³/mol. The summed E-state index contributed by atoms with van der Waals surface area (Å²) in [6.45, 7) is 0. The Balaban J connectivity index is 1.27. The number of anilines is 1. The van der Waals surface area contributed by atoms with Gasteiger partial charge in [0.05, 0.1) is 4.90 Å². The Hall–Kier alpha value is -2.26. The van der Waals surface area contributed by atoms with Crippen molar-refractivity contribution in [3.8, 4) is 0 Å². The molecule has 31 heavy (non-hydrogen) atoms. The molecule has 3 aromatic rings. The van der Waals surface area contributed by atoms with E-state index in [-0.39, 0.29) is 23.3 Å². The summed E-state index contributed by atoms with van der Waals surface area (Å²) in [5.74, 6) is -0.134. The van der Waals surface area contributed by atoms with Crippen molar-refractivity contribution < 1.29 is 13.2 Å². The summed E-state index contributed by atoms with van der Waals surface area (Å²) in [6, 6.07) is 14.4. The summed E-state index contributed by atoms with van der Waals surface area (Å²) in [7, 11) is -3.45. The van der Waals surface area contributed by atoms with Crippen molar-refractivity contribution in [3.63, 3.8) is 0 Å². The summed E-state index contributed by atoms with van der Waals surface area (Å²) in [6.07, 6.45) is 5.00. The SMILES string of the molecule is O=C(CCc1ccc(S(=O)(=O)NC2CC2)cc1)Nc1ncc(Cc2ccccc2Cl)s1. The van der Waals surface area contributed by atoms with E-state index in [1.807, 2.05) is 24.3 Å². The Morgan fingerprint density at radius 2 is 1.87 bits per heavy atom. The highest BCUT2D eigenvalue weighted by molar-refractivity contribution is 7.89. The van der Waals surface area contributed by atoms with Gasteiger partial charge in [-0.1, -0.05) is 41.9 Å². The predicted octanol–water partition coefficient (Wildman–Crippen LogP) is 4.40. The molecule has 162 valence electrons. The fourth-order valence-electron chi connectivity index (χ4n) is 3.04. The number of aryl methyl sites for hydroxylation is 1. The van der Waals surface area contributed by atoms with Crippen molar-refractivity contribution in [2.45, 2.75) is 43.0 Å². The van der Waals surface area contributed by atoms with Crippen LogP contribution in [0.4, 0.5) is 5.13 Å². The molecule has 0 aliphatic heterocycles. The molecule has 1 fully saturated rings. The standard InChI is InChI=1S/C22H22ClN3O3S2/c23-20-4-2-1-3-16(20)13-18-14-24-22(30-18)25-21(27)12-7-15-5-10-19(11-6-15)31(28,29)26-17-8-9-17/h1-6,10-11,14,17,26H,7-9,12-13H2,(H,24,25,27). The molecule has 2 N–H and O–H groups in total. The highest BCUT2D eigenvalue weighted by Crippen LogP contribution is 2.25. The lowest BCUT2D eigenvalue weighted by Gasteiger charge is -2.07. The minimum absolute atomic E-state index is 0.0735. The number of nitrogens with one attached hydrogen (secondary N) is 2. The van der Waals surface area contributed by atoms with Gasteiger partial charge in [-0.25, -0.2) is 18.1 Å². The van der Waals surface area contributed by atoms with Crippen LogP contribution in [0.3, 0.4) is 0 Å². The van der Waals surface area contributed by atoms with E-state index in [4.69, 9.17) is 11.6 Å². The molecule has 0 spiro atoms. The number of thiazole rings is 1. The molecule has 1 aliphatic carbocycles. The van der Waals surface area contributed by atoms with Crippen molar-refractivity contribution >= 4 is 44.0 Å². The number of carbonyl (C=O) groups is 1. The Bertz CT molecular complexity index is 1170. The average Bonchev–Trinajstić information content (AvgIpc) is 3.44. The maximum Gasteiger partial charge on any atom is 0.240 e. The van der Waals surface area contributed by atoms with Gasteiger partial charge in [-0.2, -0.15) is 0 Å². The molecule has 2 aromatic carbocycles. The molecule has 0 atom stereocenters. The fourth-order valence-corrected chi connectivity index (χ4v) is 5.40. The molecule has 1 aromatic heterocycles. The second-order valence-corrected chi connectivity index (χ2v) is 10.7. The van der Waals surface area contributed by atoms with Crippen LogP contribution in [0.25, 0.3) is 0 Å². The van der Waals surface area contributed by atoms with Gasteiger partial charge in [0.2, 0.25) is 15.9 Å². The number of rotatable bonds is 9. The highest BCUT2D eigenvalue weighted by atomic mass is 35.5. The summed E-state index contributed by atoms with van der Waals surface area (Å²) in [5, 5.41) is 4.09. The molecule has 0 unspecified atom stereocenters. The molecule has 1 amide bonds. The second kappa shape index (κ2) is 9.48. The number of halogens is 1. The monoisotopic (exact) mass is 475 g/mol. The molecule has 0 radical (unpaired) electrons. The zero-order valence-corrected chi connectivity index (χ0v) is 19.1. The lowest BCUT2D eigenvalue weighted by atomic mass is 10.1. The van der Waals surface area contributed by atoms with Crippen LogP contribution in [-0.4, -0.2) is 25.4 Å². The third kappa shape index (κ3) is 6.13. The van der Waals surface area contributed by atoms with Crippen LogP contribution in [0.2, 0.25) is 5.02 Å². The average molecular weight is 476 g/mol. The fraction of sp³-hybridized carbons (Fsp3) is 0.273. The first kappa shape index (κ1) is 22.0. The molecular weight excluding hydrogens is 454 g/mol. The highest BCUT2D eigenvalue weighted by Gasteiger charge is 2.27. The van der Waals surface area contributed by atoms with Crippen LogP contribution < -0.4 is 10.0 Å². The molecule has 0 bridgehead atoms. The summed E-state index contributed by atoms with van der Waals surface area (Å²) in [4.78, 5) is 17.8. The van der Waals surface area contributed by atoms with E-state index in [9.17, 15) is 13.2 Å². The molecule has 6 nitrogen and oxygen atoms in total. The van der Waals surface area contributed by atoms with Gasteiger partial charge in [0.1, 0.15) is 0 Å². The molecule has 1 saturated carbocycles. The van der Waals surface area contributed by atoms with Gasteiger partial charge in [-0.05, 0) is 48.6 Å². The molecule has 1 heterocycles. The molecule has 0 saturated heterocycles. The van der Waals surface area contributed by atoms with Gasteiger partial charge >= 0.3 is 0 Å². The van der Waals surface area contributed by atoms with E-state index in [0.29, 0.717) is 23.0 Å².